The van der Waals surface area contributed by atoms with Crippen LogP contribution in [0.1, 0.15) is 49.5 Å². The van der Waals surface area contributed by atoms with Crippen molar-refractivity contribution >= 4 is 17.2 Å². The molecule has 1 amide bonds. The number of nitrogens with zero attached hydrogens (tertiary/aromatic N) is 5. The van der Waals surface area contributed by atoms with Crippen LogP contribution >= 0.6 is 11.3 Å². The van der Waals surface area contributed by atoms with Crippen LogP contribution in [0.2, 0.25) is 0 Å². The van der Waals surface area contributed by atoms with Crippen molar-refractivity contribution in [3.63, 3.8) is 0 Å². The van der Waals surface area contributed by atoms with Crippen molar-refractivity contribution < 1.29 is 13.8 Å². The molecule has 0 aromatic carbocycles. The number of hydrogen-bond donors (Lipinski definition) is 0. The molecule has 0 saturated heterocycles. The fraction of sp³-hybridized carbons (Fsp3) is 0.474. The second-order valence-electron chi connectivity index (χ2n) is 7.21. The van der Waals surface area contributed by atoms with Crippen molar-refractivity contribution in [1.82, 2.24) is 25.1 Å². The molecule has 3 aromatic rings. The van der Waals surface area contributed by atoms with Gasteiger partial charge in [0.2, 0.25) is 5.89 Å². The third-order valence-corrected chi connectivity index (χ3v) is 6.12. The summed E-state index contributed by atoms with van der Waals surface area (Å²) in [4.78, 5) is 22.4. The zero-order chi connectivity index (χ0) is 19.8. The van der Waals surface area contributed by atoms with Gasteiger partial charge >= 0.3 is 0 Å². The normalized spacial score (nSPS) is 14.3. The Balaban J connectivity index is 1.45. The van der Waals surface area contributed by atoms with Gasteiger partial charge in [-0.05, 0) is 32.8 Å². The molecule has 1 aliphatic rings. The second-order valence-corrected chi connectivity index (χ2v) is 8.18. The van der Waals surface area contributed by atoms with E-state index in [1.165, 1.54) is 10.4 Å². The molecular formula is C19H23N5O3S. The molecule has 0 aliphatic carbocycles. The molecular weight excluding hydrogens is 378 g/mol. The first kappa shape index (κ1) is 18.8. The molecule has 0 saturated carbocycles. The Hall–Kier alpha value is -2.52. The predicted octanol–water partition coefficient (Wildman–Crippen LogP) is 2.87. The lowest BCUT2D eigenvalue weighted by Crippen LogP contribution is -2.32. The van der Waals surface area contributed by atoms with E-state index in [0.717, 1.165) is 48.6 Å². The van der Waals surface area contributed by atoms with Gasteiger partial charge < -0.3 is 13.9 Å². The van der Waals surface area contributed by atoms with E-state index in [0.29, 0.717) is 18.3 Å². The van der Waals surface area contributed by atoms with E-state index in [-0.39, 0.29) is 5.91 Å². The molecule has 0 fully saturated rings. The Morgan fingerprint density at radius 1 is 1.29 bits per heavy atom. The van der Waals surface area contributed by atoms with E-state index in [1.807, 2.05) is 19.2 Å². The molecule has 0 bridgehead atoms. The van der Waals surface area contributed by atoms with Gasteiger partial charge in [-0.1, -0.05) is 10.3 Å². The zero-order valence-corrected chi connectivity index (χ0v) is 17.3. The maximum absolute atomic E-state index is 12.9. The predicted molar refractivity (Wildman–Crippen MR) is 103 cm³/mol. The summed E-state index contributed by atoms with van der Waals surface area (Å²) in [5, 5.41) is 9.79. The van der Waals surface area contributed by atoms with Crippen LogP contribution in [0.4, 0.5) is 0 Å². The number of rotatable bonds is 5. The van der Waals surface area contributed by atoms with E-state index in [2.05, 4.69) is 20.2 Å². The number of amides is 1. The first-order valence-electron chi connectivity index (χ1n) is 9.20. The van der Waals surface area contributed by atoms with Gasteiger partial charge in [0.1, 0.15) is 5.76 Å². The lowest BCUT2D eigenvalue weighted by Gasteiger charge is -2.27. The molecule has 0 N–H and O–H groups in total. The summed E-state index contributed by atoms with van der Waals surface area (Å²) >= 11 is 1.65. The van der Waals surface area contributed by atoms with Crippen molar-refractivity contribution in [2.45, 2.75) is 46.8 Å². The van der Waals surface area contributed by atoms with Gasteiger partial charge in [0.05, 0.1) is 17.8 Å². The standard InChI is InChI=1S/C19H23N5O3S/c1-11-15(12(2)26-21-11)7-24-6-5-14-16(10-28-17(14)8-24)19(25)23(4)9-18-20-13(3)22-27-18/h10H,5-9H2,1-4H3. The number of fused-ring (bicyclic) bond motifs is 1. The molecule has 148 valence electrons. The van der Waals surface area contributed by atoms with Gasteiger partial charge in [0.25, 0.3) is 5.91 Å². The minimum atomic E-state index is -0.00692. The van der Waals surface area contributed by atoms with Gasteiger partial charge in [0.15, 0.2) is 5.82 Å². The van der Waals surface area contributed by atoms with Crippen LogP contribution in [0.15, 0.2) is 14.4 Å². The fourth-order valence-electron chi connectivity index (χ4n) is 3.53. The highest BCUT2D eigenvalue weighted by Gasteiger charge is 2.27. The highest BCUT2D eigenvalue weighted by atomic mass is 32.1. The SMILES string of the molecule is Cc1noc(CN(C)C(=O)c2csc3c2CCN(Cc2c(C)noc2C)C3)n1. The lowest BCUT2D eigenvalue weighted by molar-refractivity contribution is 0.0768. The highest BCUT2D eigenvalue weighted by Crippen LogP contribution is 2.31. The largest absolute Gasteiger partial charge is 0.361 e. The number of aromatic nitrogens is 3. The van der Waals surface area contributed by atoms with Crippen molar-refractivity contribution in [1.29, 1.82) is 0 Å². The van der Waals surface area contributed by atoms with Crippen LogP contribution in [0, 0.1) is 20.8 Å². The Kier molecular flexibility index (Phi) is 5.03. The van der Waals surface area contributed by atoms with E-state index < -0.39 is 0 Å². The molecule has 0 unspecified atom stereocenters. The van der Waals surface area contributed by atoms with E-state index in [4.69, 9.17) is 9.05 Å². The number of hydrogen-bond acceptors (Lipinski definition) is 8. The summed E-state index contributed by atoms with van der Waals surface area (Å²) in [6.07, 6.45) is 0.858. The molecule has 0 atom stereocenters. The van der Waals surface area contributed by atoms with Gasteiger partial charge in [-0.25, -0.2) is 0 Å². The molecule has 4 rings (SSSR count). The summed E-state index contributed by atoms with van der Waals surface area (Å²) in [6, 6.07) is 0. The van der Waals surface area contributed by atoms with Gasteiger partial charge in [-0.3, -0.25) is 9.69 Å². The molecule has 1 aliphatic heterocycles. The van der Waals surface area contributed by atoms with Crippen LogP contribution in [0.3, 0.4) is 0 Å². The van der Waals surface area contributed by atoms with Crippen molar-refractivity contribution in [3.8, 4) is 0 Å². The highest BCUT2D eigenvalue weighted by molar-refractivity contribution is 7.10. The molecule has 9 heteroatoms. The Labute approximate surface area is 167 Å². The second kappa shape index (κ2) is 7.48. The maximum atomic E-state index is 12.9. The van der Waals surface area contributed by atoms with Crippen molar-refractivity contribution in [2.24, 2.45) is 0 Å². The van der Waals surface area contributed by atoms with Gasteiger partial charge in [0, 0.05) is 42.5 Å². The van der Waals surface area contributed by atoms with Crippen LogP contribution in [-0.4, -0.2) is 44.6 Å². The summed E-state index contributed by atoms with van der Waals surface area (Å²) in [5.41, 5.74) is 4.06. The van der Waals surface area contributed by atoms with Crippen LogP contribution in [0.5, 0.6) is 0 Å². The molecule has 3 aromatic heterocycles. The smallest absolute Gasteiger partial charge is 0.255 e. The third-order valence-electron chi connectivity index (χ3n) is 5.11. The molecule has 28 heavy (non-hydrogen) atoms. The molecule has 8 nitrogen and oxygen atoms in total. The maximum Gasteiger partial charge on any atom is 0.255 e. The van der Waals surface area contributed by atoms with Crippen molar-refractivity contribution in [3.05, 3.63) is 50.1 Å². The monoisotopic (exact) mass is 401 g/mol. The average molecular weight is 401 g/mol. The topological polar surface area (TPSA) is 88.5 Å². The van der Waals surface area contributed by atoms with Crippen LogP contribution in [-0.2, 0) is 26.1 Å². The minimum absolute atomic E-state index is 0.00692. The zero-order valence-electron chi connectivity index (χ0n) is 16.5. The average Bonchev–Trinajstić information content (AvgIpc) is 3.36. The summed E-state index contributed by atoms with van der Waals surface area (Å²) in [5.74, 6) is 1.89. The van der Waals surface area contributed by atoms with Crippen LogP contribution in [0.25, 0.3) is 0 Å². The summed E-state index contributed by atoms with van der Waals surface area (Å²) in [6.45, 7) is 8.56. The first-order valence-corrected chi connectivity index (χ1v) is 10.1. The number of carbonyl (C=O) groups is 1. The van der Waals surface area contributed by atoms with Gasteiger partial charge in [-0.15, -0.1) is 11.3 Å². The fourth-order valence-corrected chi connectivity index (χ4v) is 4.65. The quantitative estimate of drug-likeness (QED) is 0.649. The Bertz CT molecular complexity index is 986. The van der Waals surface area contributed by atoms with E-state index in [1.54, 1.807) is 30.2 Å². The minimum Gasteiger partial charge on any atom is -0.361 e. The van der Waals surface area contributed by atoms with Crippen molar-refractivity contribution in [2.75, 3.05) is 13.6 Å². The molecule has 4 heterocycles. The molecule has 0 spiro atoms. The summed E-state index contributed by atoms with van der Waals surface area (Å²) < 4.78 is 10.4. The summed E-state index contributed by atoms with van der Waals surface area (Å²) in [7, 11) is 1.76. The van der Waals surface area contributed by atoms with E-state index in [9.17, 15) is 4.79 Å². The third kappa shape index (κ3) is 3.59. The Morgan fingerprint density at radius 3 is 2.79 bits per heavy atom. The number of thiophene rings is 1. The first-order chi connectivity index (χ1) is 13.4. The van der Waals surface area contributed by atoms with Gasteiger partial charge in [-0.2, -0.15) is 4.98 Å². The molecule has 0 radical (unpaired) electrons. The lowest BCUT2D eigenvalue weighted by atomic mass is 10.0. The number of aryl methyl sites for hydroxylation is 3. The van der Waals surface area contributed by atoms with Crippen LogP contribution < -0.4 is 0 Å². The number of carbonyl (C=O) groups excluding carboxylic acids is 1. The van der Waals surface area contributed by atoms with E-state index >= 15 is 0 Å². The Morgan fingerprint density at radius 2 is 2.11 bits per heavy atom.